The van der Waals surface area contributed by atoms with Gasteiger partial charge in [-0.15, -0.1) is 0 Å². The van der Waals surface area contributed by atoms with Crippen molar-refractivity contribution in [2.45, 2.75) is 24.6 Å². The van der Waals surface area contributed by atoms with Crippen molar-refractivity contribution in [3.8, 4) is 0 Å². The minimum absolute atomic E-state index is 0.504. The fourth-order valence-corrected chi connectivity index (χ4v) is 3.62. The molecule has 0 amide bonds. The Morgan fingerprint density at radius 3 is 2.83 bits per heavy atom. The maximum Gasteiger partial charge on any atom is 0.0412 e. The molecule has 18 heavy (non-hydrogen) atoms. The van der Waals surface area contributed by atoms with Crippen LogP contribution < -0.4 is 5.32 Å². The molecule has 0 saturated carbocycles. The van der Waals surface area contributed by atoms with E-state index >= 15 is 0 Å². The average Bonchev–Trinajstić information content (AvgIpc) is 2.63. The fraction of sp³-hybridized carbons (Fsp3) is 0.375. The van der Waals surface area contributed by atoms with Crippen LogP contribution >= 0.6 is 11.8 Å². The Hall–Kier alpha value is -0.990. The van der Waals surface area contributed by atoms with Crippen molar-refractivity contribution in [2.75, 3.05) is 12.3 Å². The lowest BCUT2D eigenvalue weighted by atomic mass is 10.0. The van der Waals surface area contributed by atoms with Crippen molar-refractivity contribution in [1.82, 2.24) is 5.32 Å². The third-order valence-corrected chi connectivity index (χ3v) is 5.00. The normalized spacial score (nSPS) is 24.9. The van der Waals surface area contributed by atoms with E-state index in [1.807, 2.05) is 0 Å². The summed E-state index contributed by atoms with van der Waals surface area (Å²) in [6, 6.07) is 15.9. The van der Waals surface area contributed by atoms with Crippen LogP contribution in [-0.4, -0.2) is 17.5 Å². The van der Waals surface area contributed by atoms with E-state index in [0.29, 0.717) is 6.04 Å². The Morgan fingerprint density at radius 1 is 1.11 bits per heavy atom. The molecule has 1 heterocycles. The fourth-order valence-electron chi connectivity index (χ4n) is 2.50. The monoisotopic (exact) mass is 257 g/mol. The molecular formula is C16H19NS. The minimum atomic E-state index is 0.504. The molecule has 1 aliphatic rings. The third-order valence-electron chi connectivity index (χ3n) is 3.66. The van der Waals surface area contributed by atoms with Gasteiger partial charge in [0.1, 0.15) is 0 Å². The van der Waals surface area contributed by atoms with Crippen molar-refractivity contribution >= 4 is 22.5 Å². The Labute approximate surface area is 113 Å². The van der Waals surface area contributed by atoms with E-state index < -0.39 is 0 Å². The smallest absolute Gasteiger partial charge is 0.0412 e. The SMILES string of the molecule is CC1CCNC(c2ccc3ccccc3c2)CS1. The van der Waals surface area contributed by atoms with Gasteiger partial charge >= 0.3 is 0 Å². The van der Waals surface area contributed by atoms with Gasteiger partial charge in [-0.25, -0.2) is 0 Å². The molecule has 0 bridgehead atoms. The zero-order valence-electron chi connectivity index (χ0n) is 10.7. The molecule has 1 N–H and O–H groups in total. The molecule has 1 nitrogen and oxygen atoms in total. The van der Waals surface area contributed by atoms with Crippen LogP contribution in [0.25, 0.3) is 10.8 Å². The molecule has 0 spiro atoms. The molecule has 1 fully saturated rings. The van der Waals surface area contributed by atoms with Gasteiger partial charge in [0.15, 0.2) is 0 Å². The molecule has 2 unspecified atom stereocenters. The Kier molecular flexibility index (Phi) is 3.57. The molecule has 0 aromatic heterocycles. The Bertz CT molecular complexity index is 537. The first-order valence-electron chi connectivity index (χ1n) is 6.66. The number of fused-ring (bicyclic) bond motifs is 1. The highest BCUT2D eigenvalue weighted by Gasteiger charge is 2.17. The van der Waals surface area contributed by atoms with E-state index in [1.165, 1.54) is 28.5 Å². The Balaban J connectivity index is 1.89. The highest BCUT2D eigenvalue weighted by atomic mass is 32.2. The maximum atomic E-state index is 3.67. The van der Waals surface area contributed by atoms with Gasteiger partial charge in [-0.05, 0) is 35.4 Å². The first-order chi connectivity index (χ1) is 8.83. The second-order valence-corrected chi connectivity index (χ2v) is 6.52. The van der Waals surface area contributed by atoms with Crippen LogP contribution in [0.4, 0.5) is 0 Å². The van der Waals surface area contributed by atoms with Gasteiger partial charge in [0, 0.05) is 17.0 Å². The predicted octanol–water partition coefficient (Wildman–Crippen LogP) is 4.00. The first-order valence-corrected chi connectivity index (χ1v) is 7.71. The summed E-state index contributed by atoms with van der Waals surface area (Å²) in [5.41, 5.74) is 1.43. The van der Waals surface area contributed by atoms with Crippen LogP contribution in [-0.2, 0) is 0 Å². The molecule has 2 aromatic rings. The van der Waals surface area contributed by atoms with E-state index in [0.717, 1.165) is 11.8 Å². The molecule has 2 aromatic carbocycles. The standard InChI is InChI=1S/C16H19NS/c1-12-8-9-17-16(11-18-12)15-7-6-13-4-2-3-5-14(13)10-15/h2-7,10,12,16-17H,8-9,11H2,1H3. The quantitative estimate of drug-likeness (QED) is 0.829. The van der Waals surface area contributed by atoms with E-state index in [4.69, 9.17) is 0 Å². The summed E-state index contributed by atoms with van der Waals surface area (Å²) in [5.74, 6) is 1.18. The molecule has 2 heteroatoms. The summed E-state index contributed by atoms with van der Waals surface area (Å²) >= 11 is 2.08. The highest BCUT2D eigenvalue weighted by molar-refractivity contribution is 7.99. The van der Waals surface area contributed by atoms with Gasteiger partial charge in [0.2, 0.25) is 0 Å². The van der Waals surface area contributed by atoms with Crippen molar-refractivity contribution < 1.29 is 0 Å². The van der Waals surface area contributed by atoms with Crippen molar-refractivity contribution in [1.29, 1.82) is 0 Å². The zero-order valence-corrected chi connectivity index (χ0v) is 11.5. The van der Waals surface area contributed by atoms with Crippen LogP contribution in [0.5, 0.6) is 0 Å². The average molecular weight is 257 g/mol. The third kappa shape index (κ3) is 2.55. The summed E-state index contributed by atoms with van der Waals surface area (Å²) in [7, 11) is 0. The number of thioether (sulfide) groups is 1. The van der Waals surface area contributed by atoms with Gasteiger partial charge in [-0.3, -0.25) is 0 Å². The lowest BCUT2D eigenvalue weighted by Gasteiger charge is -2.16. The van der Waals surface area contributed by atoms with Crippen LogP contribution in [0.2, 0.25) is 0 Å². The molecule has 94 valence electrons. The van der Waals surface area contributed by atoms with Crippen molar-refractivity contribution in [2.24, 2.45) is 0 Å². The van der Waals surface area contributed by atoms with Crippen LogP contribution in [0.3, 0.4) is 0 Å². The zero-order chi connectivity index (χ0) is 12.4. The van der Waals surface area contributed by atoms with Crippen molar-refractivity contribution in [3.05, 3.63) is 48.0 Å². The Morgan fingerprint density at radius 2 is 1.94 bits per heavy atom. The van der Waals surface area contributed by atoms with Crippen molar-refractivity contribution in [3.63, 3.8) is 0 Å². The van der Waals surface area contributed by atoms with Gasteiger partial charge in [0.05, 0.1) is 0 Å². The lowest BCUT2D eigenvalue weighted by molar-refractivity contribution is 0.579. The van der Waals surface area contributed by atoms with Gasteiger partial charge < -0.3 is 5.32 Å². The van der Waals surface area contributed by atoms with Crippen LogP contribution in [0.1, 0.15) is 24.9 Å². The molecular weight excluding hydrogens is 238 g/mol. The summed E-state index contributed by atoms with van der Waals surface area (Å²) in [5, 5.41) is 7.13. The number of rotatable bonds is 1. The topological polar surface area (TPSA) is 12.0 Å². The van der Waals surface area contributed by atoms with E-state index in [2.05, 4.69) is 66.5 Å². The molecule has 1 aliphatic heterocycles. The molecule has 3 rings (SSSR count). The predicted molar refractivity (Wildman–Crippen MR) is 81.2 cm³/mol. The number of hydrogen-bond donors (Lipinski definition) is 1. The van der Waals surface area contributed by atoms with Gasteiger partial charge in [0.25, 0.3) is 0 Å². The summed E-state index contributed by atoms with van der Waals surface area (Å²) in [4.78, 5) is 0. The summed E-state index contributed by atoms with van der Waals surface area (Å²) in [6.45, 7) is 3.46. The second-order valence-electron chi connectivity index (χ2n) is 5.05. The number of hydrogen-bond acceptors (Lipinski definition) is 2. The first kappa shape index (κ1) is 12.1. The van der Waals surface area contributed by atoms with Crippen LogP contribution in [0, 0.1) is 0 Å². The summed E-state index contributed by atoms with van der Waals surface area (Å²) in [6.07, 6.45) is 1.27. The number of nitrogens with one attached hydrogen (secondary N) is 1. The summed E-state index contributed by atoms with van der Waals surface area (Å²) < 4.78 is 0. The van der Waals surface area contributed by atoms with Gasteiger partial charge in [-0.2, -0.15) is 11.8 Å². The van der Waals surface area contributed by atoms with E-state index in [-0.39, 0.29) is 0 Å². The lowest BCUT2D eigenvalue weighted by Crippen LogP contribution is -2.22. The minimum Gasteiger partial charge on any atom is -0.309 e. The largest absolute Gasteiger partial charge is 0.309 e. The highest BCUT2D eigenvalue weighted by Crippen LogP contribution is 2.27. The van der Waals surface area contributed by atoms with Crippen LogP contribution in [0.15, 0.2) is 42.5 Å². The molecule has 2 atom stereocenters. The molecule has 0 aliphatic carbocycles. The van der Waals surface area contributed by atoms with E-state index in [1.54, 1.807) is 0 Å². The second kappa shape index (κ2) is 5.33. The number of benzene rings is 2. The molecule has 1 saturated heterocycles. The van der Waals surface area contributed by atoms with E-state index in [9.17, 15) is 0 Å². The maximum absolute atomic E-state index is 3.67. The van der Waals surface area contributed by atoms with Gasteiger partial charge in [-0.1, -0.05) is 43.3 Å². The molecule has 0 radical (unpaired) electrons.